The Balaban J connectivity index is 2.62. The summed E-state index contributed by atoms with van der Waals surface area (Å²) in [4.78, 5) is 3.39. The van der Waals surface area contributed by atoms with Gasteiger partial charge in [0.1, 0.15) is 6.26 Å². The zero-order valence-corrected chi connectivity index (χ0v) is 2.59. The summed E-state index contributed by atoms with van der Waals surface area (Å²) in [5.41, 5.74) is 4.67. The summed E-state index contributed by atoms with van der Waals surface area (Å²) in [5, 5.41) is 7.40. The lowest BCUT2D eigenvalue weighted by atomic mass is 11.0. The summed E-state index contributed by atoms with van der Waals surface area (Å²) in [7, 11) is 0. The van der Waals surface area contributed by atoms with Crippen LogP contribution in [0.2, 0.25) is 0 Å². The predicted octanol–water partition coefficient (Wildman–Crippen LogP) is -0.0941. The van der Waals surface area contributed by atoms with Gasteiger partial charge in [-0.25, -0.2) is 5.26 Å². The molecule has 30 valence electrons. The van der Waals surface area contributed by atoms with Gasteiger partial charge in [-0.1, -0.05) is 0 Å². The van der Waals surface area contributed by atoms with Crippen molar-refractivity contribution >= 4 is 0 Å². The average Bonchev–Trinajstić information content (AvgIpc) is 1.41. The van der Waals surface area contributed by atoms with Crippen LogP contribution in [-0.2, 0) is 4.89 Å². The zero-order valence-electron chi connectivity index (χ0n) is 2.59. The number of nitrogens with two attached hydrogens (primary N) is 1. The van der Waals surface area contributed by atoms with Gasteiger partial charge in [0.25, 0.3) is 0 Å². The molecule has 0 atom stereocenters. The van der Waals surface area contributed by atoms with Crippen LogP contribution in [-0.4, -0.2) is 5.26 Å². The third kappa shape index (κ3) is 3.30. The summed E-state index contributed by atoms with van der Waals surface area (Å²) in [6.07, 6.45) is 2.04. The van der Waals surface area contributed by atoms with E-state index >= 15 is 0 Å². The van der Waals surface area contributed by atoms with E-state index in [-0.39, 0.29) is 0 Å². The summed E-state index contributed by atoms with van der Waals surface area (Å²) in [6.45, 7) is 0. The molecular formula is C2H5NO2. The van der Waals surface area contributed by atoms with Crippen molar-refractivity contribution in [1.82, 2.24) is 0 Å². The summed E-state index contributed by atoms with van der Waals surface area (Å²) >= 11 is 0. The molecule has 0 amide bonds. The van der Waals surface area contributed by atoms with Crippen LogP contribution in [0.3, 0.4) is 0 Å². The van der Waals surface area contributed by atoms with Crippen molar-refractivity contribution in [2.75, 3.05) is 0 Å². The molecular weight excluding hydrogens is 70.0 g/mol. The van der Waals surface area contributed by atoms with Crippen LogP contribution < -0.4 is 5.73 Å². The first-order valence-corrected chi connectivity index (χ1v) is 1.08. The minimum Gasteiger partial charge on any atom is -0.402 e. The molecule has 0 aromatic carbocycles. The molecule has 0 saturated carbocycles. The Hall–Kier alpha value is -0.700. The molecule has 0 aliphatic carbocycles. The van der Waals surface area contributed by atoms with E-state index in [2.05, 4.69) is 10.6 Å². The smallest absolute Gasteiger partial charge is 0.144 e. The molecule has 0 spiro atoms. The third-order valence-electron chi connectivity index (χ3n) is 0.139. The molecule has 0 aliphatic heterocycles. The Bertz CT molecular complexity index is 34.6. The minimum absolute atomic E-state index is 0.958. The molecule has 5 heavy (non-hydrogen) atoms. The summed E-state index contributed by atoms with van der Waals surface area (Å²) < 4.78 is 0. The highest BCUT2D eigenvalue weighted by molar-refractivity contribution is 4.59. The topological polar surface area (TPSA) is 55.5 Å². The van der Waals surface area contributed by atoms with Gasteiger partial charge in [-0.3, -0.25) is 0 Å². The van der Waals surface area contributed by atoms with Gasteiger partial charge in [0.05, 0.1) is 0 Å². The Morgan fingerprint density at radius 2 is 2.40 bits per heavy atom. The van der Waals surface area contributed by atoms with Crippen molar-refractivity contribution in [3.8, 4) is 0 Å². The van der Waals surface area contributed by atoms with E-state index in [9.17, 15) is 0 Å². The van der Waals surface area contributed by atoms with Gasteiger partial charge >= 0.3 is 0 Å². The van der Waals surface area contributed by atoms with E-state index in [0.717, 1.165) is 12.5 Å². The van der Waals surface area contributed by atoms with Gasteiger partial charge in [-0.15, -0.1) is 0 Å². The predicted molar refractivity (Wildman–Crippen MR) is 17.0 cm³/mol. The van der Waals surface area contributed by atoms with Crippen molar-refractivity contribution in [3.63, 3.8) is 0 Å². The largest absolute Gasteiger partial charge is 0.402 e. The van der Waals surface area contributed by atoms with E-state index in [1.165, 1.54) is 0 Å². The van der Waals surface area contributed by atoms with Crippen molar-refractivity contribution in [1.29, 1.82) is 0 Å². The SMILES string of the molecule is N/C=C\OO. The number of hydrogen-bond donors (Lipinski definition) is 2. The van der Waals surface area contributed by atoms with Crippen LogP contribution in [0.25, 0.3) is 0 Å². The highest BCUT2D eigenvalue weighted by Gasteiger charge is 1.49. The molecule has 0 heterocycles. The monoisotopic (exact) mass is 75.0 g/mol. The molecule has 3 N–H and O–H groups in total. The standard InChI is InChI=1S/C2H5NO2/c3-1-2-5-4/h1-2,4H,3H2/b2-1-. The van der Waals surface area contributed by atoms with E-state index < -0.39 is 0 Å². The van der Waals surface area contributed by atoms with E-state index in [0.29, 0.717) is 0 Å². The normalized spacial score (nSPS) is 9.00. The van der Waals surface area contributed by atoms with Crippen LogP contribution in [0.5, 0.6) is 0 Å². The first-order chi connectivity index (χ1) is 2.41. The van der Waals surface area contributed by atoms with Gasteiger partial charge < -0.3 is 10.6 Å². The van der Waals surface area contributed by atoms with E-state index in [1.54, 1.807) is 0 Å². The highest BCUT2D eigenvalue weighted by Crippen LogP contribution is 1.56. The van der Waals surface area contributed by atoms with Crippen molar-refractivity contribution in [2.24, 2.45) is 5.73 Å². The van der Waals surface area contributed by atoms with E-state index in [4.69, 9.17) is 5.26 Å². The fourth-order valence-corrected chi connectivity index (χ4v) is 0.0351. The van der Waals surface area contributed by atoms with E-state index in [1.807, 2.05) is 0 Å². The van der Waals surface area contributed by atoms with Gasteiger partial charge in [-0.2, -0.15) is 0 Å². The molecule has 0 saturated heterocycles. The van der Waals surface area contributed by atoms with Crippen molar-refractivity contribution in [3.05, 3.63) is 12.5 Å². The molecule has 0 fully saturated rings. The fraction of sp³-hybridized carbons (Fsp3) is 0. The first kappa shape index (κ1) is 4.30. The molecule has 0 radical (unpaired) electrons. The lowest BCUT2D eigenvalue weighted by Crippen LogP contribution is -1.75. The maximum Gasteiger partial charge on any atom is 0.144 e. The quantitative estimate of drug-likeness (QED) is 0.260. The molecule has 0 aliphatic rings. The Labute approximate surface area is 29.6 Å². The highest BCUT2D eigenvalue weighted by atomic mass is 17.1. The second-order valence-corrected chi connectivity index (χ2v) is 0.434. The second kappa shape index (κ2) is 3.30. The van der Waals surface area contributed by atoms with Gasteiger partial charge in [0, 0.05) is 6.20 Å². The lowest BCUT2D eigenvalue weighted by Gasteiger charge is -1.73. The molecule has 0 aromatic heterocycles. The van der Waals surface area contributed by atoms with Crippen molar-refractivity contribution in [2.45, 2.75) is 0 Å². The summed E-state index contributed by atoms with van der Waals surface area (Å²) in [5.74, 6) is 0. The molecule has 0 aromatic rings. The number of hydrogen-bond acceptors (Lipinski definition) is 3. The van der Waals surface area contributed by atoms with Crippen LogP contribution >= 0.6 is 0 Å². The second-order valence-electron chi connectivity index (χ2n) is 0.434. The van der Waals surface area contributed by atoms with Gasteiger partial charge in [0.15, 0.2) is 0 Å². The third-order valence-corrected chi connectivity index (χ3v) is 0.139. The average molecular weight is 75.1 g/mol. The minimum atomic E-state index is 0.958. The Kier molecular flexibility index (Phi) is 2.84. The first-order valence-electron chi connectivity index (χ1n) is 1.08. The Morgan fingerprint density at radius 1 is 1.80 bits per heavy atom. The van der Waals surface area contributed by atoms with Gasteiger partial charge in [-0.05, 0) is 0 Å². The molecule has 3 nitrogen and oxygen atoms in total. The molecule has 0 unspecified atom stereocenters. The maximum absolute atomic E-state index is 7.40. The van der Waals surface area contributed by atoms with Crippen LogP contribution in [0.4, 0.5) is 0 Å². The lowest BCUT2D eigenvalue weighted by molar-refractivity contribution is -0.186. The van der Waals surface area contributed by atoms with Gasteiger partial charge in [0.2, 0.25) is 0 Å². The number of rotatable bonds is 1. The van der Waals surface area contributed by atoms with Crippen LogP contribution in [0.1, 0.15) is 0 Å². The maximum atomic E-state index is 7.40. The van der Waals surface area contributed by atoms with Crippen LogP contribution in [0, 0.1) is 0 Å². The fourth-order valence-electron chi connectivity index (χ4n) is 0.0351. The summed E-state index contributed by atoms with van der Waals surface area (Å²) in [6, 6.07) is 0. The van der Waals surface area contributed by atoms with Crippen molar-refractivity contribution < 1.29 is 10.1 Å². The van der Waals surface area contributed by atoms with Crippen LogP contribution in [0.15, 0.2) is 12.5 Å². The molecule has 0 rings (SSSR count). The molecule has 3 heteroatoms. The molecule has 0 bridgehead atoms. The zero-order chi connectivity index (χ0) is 4.12. The Morgan fingerprint density at radius 3 is 2.40 bits per heavy atom.